The Bertz CT molecular complexity index is 1360. The van der Waals surface area contributed by atoms with Gasteiger partial charge in [0, 0.05) is 20.2 Å². The third-order valence-corrected chi connectivity index (χ3v) is 8.49. The molecule has 0 spiro atoms. The van der Waals surface area contributed by atoms with Crippen molar-refractivity contribution < 1.29 is 27.1 Å². The second kappa shape index (κ2) is 13.4. The van der Waals surface area contributed by atoms with Gasteiger partial charge in [-0.15, -0.1) is 5.10 Å². The largest absolute Gasteiger partial charge is 0.359 e. The van der Waals surface area contributed by atoms with Crippen LogP contribution in [0.4, 0.5) is 4.39 Å². The van der Waals surface area contributed by atoms with Gasteiger partial charge in [0.1, 0.15) is 24.3 Å². The molecule has 1 unspecified atom stereocenters. The number of aromatic nitrogens is 3. The van der Waals surface area contributed by atoms with Crippen LogP contribution in [-0.4, -0.2) is 77.4 Å². The summed E-state index contributed by atoms with van der Waals surface area (Å²) in [5.41, 5.74) is 3.09. The molecule has 1 aliphatic rings. The van der Waals surface area contributed by atoms with Crippen molar-refractivity contribution in [3.05, 3.63) is 71.8 Å². The molecule has 4 rings (SSSR count). The summed E-state index contributed by atoms with van der Waals surface area (Å²) >= 11 is 0. The maximum absolute atomic E-state index is 13.8. The molecule has 0 bridgehead atoms. The SMILES string of the molecule is COCOCCn1cc(CN2CCS(=O)(=O)N(Cc3ccc(-c4ccc(F)cc4)cc3)C(CC(C)C)C2=O)nn1. The van der Waals surface area contributed by atoms with Gasteiger partial charge in [0.15, 0.2) is 0 Å². The van der Waals surface area contributed by atoms with E-state index in [9.17, 15) is 17.6 Å². The normalized spacial score (nSPS) is 17.9. The summed E-state index contributed by atoms with van der Waals surface area (Å²) in [5, 5.41) is 8.26. The number of halogens is 1. The Morgan fingerprint density at radius 3 is 2.38 bits per heavy atom. The molecule has 2 heterocycles. The lowest BCUT2D eigenvalue weighted by atomic mass is 10.0. The number of nitrogens with zero attached hydrogens (tertiary/aromatic N) is 5. The summed E-state index contributed by atoms with van der Waals surface area (Å²) in [7, 11) is -2.18. The summed E-state index contributed by atoms with van der Waals surface area (Å²) in [6, 6.07) is 12.8. The van der Waals surface area contributed by atoms with Crippen molar-refractivity contribution in [3.8, 4) is 11.1 Å². The maximum atomic E-state index is 13.8. The third kappa shape index (κ3) is 7.72. The first-order valence-electron chi connectivity index (χ1n) is 13.2. The number of carbonyl (C=O) groups is 1. The Kier molecular flexibility index (Phi) is 10.0. The van der Waals surface area contributed by atoms with Crippen LogP contribution in [0.3, 0.4) is 0 Å². The number of amides is 1. The average Bonchev–Trinajstić information content (AvgIpc) is 3.35. The molecule has 2 aromatic carbocycles. The lowest BCUT2D eigenvalue weighted by molar-refractivity contribution is -0.136. The number of methoxy groups -OCH3 is 1. The Morgan fingerprint density at radius 1 is 1.05 bits per heavy atom. The van der Waals surface area contributed by atoms with Crippen LogP contribution < -0.4 is 0 Å². The second-order valence-electron chi connectivity index (χ2n) is 10.3. The fraction of sp³-hybridized carbons (Fsp3) is 0.464. The van der Waals surface area contributed by atoms with Gasteiger partial charge in [-0.1, -0.05) is 55.5 Å². The van der Waals surface area contributed by atoms with Crippen LogP contribution in [-0.2, 0) is 43.9 Å². The zero-order valence-corrected chi connectivity index (χ0v) is 23.9. The van der Waals surface area contributed by atoms with E-state index in [-0.39, 0.29) is 49.8 Å². The van der Waals surface area contributed by atoms with Gasteiger partial charge in [0.25, 0.3) is 0 Å². The summed E-state index contributed by atoms with van der Waals surface area (Å²) in [5.74, 6) is -0.630. The van der Waals surface area contributed by atoms with Crippen molar-refractivity contribution in [3.63, 3.8) is 0 Å². The van der Waals surface area contributed by atoms with E-state index < -0.39 is 16.1 Å². The molecule has 3 aromatic rings. The van der Waals surface area contributed by atoms with Gasteiger partial charge in [0.2, 0.25) is 15.9 Å². The lowest BCUT2D eigenvalue weighted by Gasteiger charge is -2.30. The van der Waals surface area contributed by atoms with Crippen LogP contribution >= 0.6 is 0 Å². The monoisotopic (exact) mass is 573 g/mol. The van der Waals surface area contributed by atoms with Crippen molar-refractivity contribution in [2.45, 2.75) is 45.9 Å². The van der Waals surface area contributed by atoms with E-state index in [2.05, 4.69) is 10.3 Å². The standard InChI is InChI=1S/C28H36FN5O5S/c1-21(2)16-27-28(35)32(18-26-19-33(31-30-26)12-14-39-20-38-3)13-15-40(36,37)34(27)17-22-4-6-23(7-5-22)24-8-10-25(29)11-9-24/h4-11,19,21,27H,12-18,20H2,1-3H3. The first-order valence-corrected chi connectivity index (χ1v) is 14.9. The Balaban J connectivity index is 1.51. The first kappa shape index (κ1) is 29.8. The minimum Gasteiger partial charge on any atom is -0.359 e. The zero-order chi connectivity index (χ0) is 28.7. The van der Waals surface area contributed by atoms with E-state index in [0.717, 1.165) is 16.7 Å². The minimum atomic E-state index is -3.73. The van der Waals surface area contributed by atoms with Crippen molar-refractivity contribution in [1.29, 1.82) is 0 Å². The molecule has 1 saturated heterocycles. The highest BCUT2D eigenvalue weighted by atomic mass is 32.2. The van der Waals surface area contributed by atoms with Crippen LogP contribution in [0.1, 0.15) is 31.5 Å². The number of sulfonamides is 1. The van der Waals surface area contributed by atoms with Crippen molar-refractivity contribution in [2.24, 2.45) is 5.92 Å². The van der Waals surface area contributed by atoms with Crippen molar-refractivity contribution in [1.82, 2.24) is 24.2 Å². The van der Waals surface area contributed by atoms with Crippen LogP contribution in [0, 0.1) is 11.7 Å². The van der Waals surface area contributed by atoms with E-state index >= 15 is 0 Å². The highest BCUT2D eigenvalue weighted by Crippen LogP contribution is 2.26. The number of hydrogen-bond acceptors (Lipinski definition) is 7. The molecule has 1 amide bonds. The fourth-order valence-electron chi connectivity index (χ4n) is 4.65. The molecule has 40 heavy (non-hydrogen) atoms. The van der Waals surface area contributed by atoms with Crippen LogP contribution in [0.15, 0.2) is 54.7 Å². The number of ether oxygens (including phenoxy) is 2. The molecule has 0 saturated carbocycles. The first-order chi connectivity index (χ1) is 19.2. The molecule has 1 aromatic heterocycles. The predicted molar refractivity (Wildman–Crippen MR) is 148 cm³/mol. The van der Waals surface area contributed by atoms with E-state index in [0.29, 0.717) is 25.3 Å². The number of rotatable bonds is 12. The van der Waals surface area contributed by atoms with Crippen LogP contribution in [0.2, 0.25) is 0 Å². The molecular weight excluding hydrogens is 537 g/mol. The third-order valence-electron chi connectivity index (χ3n) is 6.69. The quantitative estimate of drug-likeness (QED) is 0.242. The summed E-state index contributed by atoms with van der Waals surface area (Å²) in [4.78, 5) is 15.4. The summed E-state index contributed by atoms with van der Waals surface area (Å²) in [6.45, 7) is 5.33. The highest BCUT2D eigenvalue weighted by molar-refractivity contribution is 7.89. The van der Waals surface area contributed by atoms with Gasteiger partial charge in [-0.25, -0.2) is 17.5 Å². The summed E-state index contributed by atoms with van der Waals surface area (Å²) in [6.07, 6.45) is 2.13. The van der Waals surface area contributed by atoms with E-state index in [4.69, 9.17) is 9.47 Å². The van der Waals surface area contributed by atoms with Crippen molar-refractivity contribution >= 4 is 15.9 Å². The van der Waals surface area contributed by atoms with Crippen LogP contribution in [0.25, 0.3) is 11.1 Å². The van der Waals surface area contributed by atoms with Gasteiger partial charge in [-0.3, -0.25) is 4.79 Å². The van der Waals surface area contributed by atoms with Gasteiger partial charge < -0.3 is 14.4 Å². The molecular formula is C28H36FN5O5S. The topological polar surface area (TPSA) is 107 Å². The molecule has 12 heteroatoms. The molecule has 0 aliphatic carbocycles. The minimum absolute atomic E-state index is 0.0690. The molecule has 216 valence electrons. The zero-order valence-electron chi connectivity index (χ0n) is 23.1. The molecule has 1 fully saturated rings. The van der Waals surface area contributed by atoms with Gasteiger partial charge in [-0.05, 0) is 41.2 Å². The number of carbonyl (C=O) groups excluding carboxylic acids is 1. The van der Waals surface area contributed by atoms with E-state index in [1.165, 1.54) is 16.4 Å². The Labute approximate surface area is 234 Å². The van der Waals surface area contributed by atoms with Gasteiger partial charge in [0.05, 0.1) is 31.6 Å². The predicted octanol–water partition coefficient (Wildman–Crippen LogP) is 3.29. The lowest BCUT2D eigenvalue weighted by Crippen LogP contribution is -2.47. The Morgan fingerprint density at radius 2 is 1.73 bits per heavy atom. The molecule has 0 radical (unpaired) electrons. The smallest absolute Gasteiger partial charge is 0.241 e. The molecule has 1 atom stereocenters. The molecule has 1 aliphatic heterocycles. The number of hydrogen-bond donors (Lipinski definition) is 0. The average molecular weight is 574 g/mol. The molecule has 0 N–H and O–H groups in total. The fourth-order valence-corrected chi connectivity index (χ4v) is 6.25. The summed E-state index contributed by atoms with van der Waals surface area (Å²) < 4.78 is 53.4. The maximum Gasteiger partial charge on any atom is 0.241 e. The van der Waals surface area contributed by atoms with E-state index in [1.54, 1.807) is 35.0 Å². The van der Waals surface area contributed by atoms with Gasteiger partial charge >= 0.3 is 0 Å². The van der Waals surface area contributed by atoms with Gasteiger partial charge in [-0.2, -0.15) is 4.31 Å². The van der Waals surface area contributed by atoms with Crippen LogP contribution in [0.5, 0.6) is 0 Å². The number of benzene rings is 2. The Hall–Kier alpha value is -3.19. The molecule has 10 nitrogen and oxygen atoms in total. The van der Waals surface area contributed by atoms with Crippen molar-refractivity contribution in [2.75, 3.05) is 32.8 Å². The second-order valence-corrected chi connectivity index (χ2v) is 12.3. The van der Waals surface area contributed by atoms with E-state index in [1.807, 2.05) is 38.1 Å². The highest BCUT2D eigenvalue weighted by Gasteiger charge is 2.41.